The van der Waals surface area contributed by atoms with Gasteiger partial charge in [0.2, 0.25) is 0 Å². The SMILES string of the molecule is CCOc1ccc(C(C)=O)cc1CN1C(=O)C(c2ccccc2)N(Cc2ccccc2)C1=O. The minimum Gasteiger partial charge on any atom is -0.494 e. The van der Waals surface area contributed by atoms with Gasteiger partial charge >= 0.3 is 6.03 Å². The average molecular weight is 443 g/mol. The van der Waals surface area contributed by atoms with Crippen LogP contribution in [0.1, 0.15) is 46.9 Å². The summed E-state index contributed by atoms with van der Waals surface area (Å²) in [7, 11) is 0. The van der Waals surface area contributed by atoms with Gasteiger partial charge in [-0.05, 0) is 43.2 Å². The maximum atomic E-state index is 13.6. The number of hydrogen-bond acceptors (Lipinski definition) is 4. The van der Waals surface area contributed by atoms with Crippen molar-refractivity contribution in [1.82, 2.24) is 9.80 Å². The summed E-state index contributed by atoms with van der Waals surface area (Å²) in [5, 5.41) is 0. The highest BCUT2D eigenvalue weighted by Crippen LogP contribution is 2.34. The van der Waals surface area contributed by atoms with Crippen LogP contribution in [0.25, 0.3) is 0 Å². The fourth-order valence-corrected chi connectivity index (χ4v) is 4.07. The predicted molar refractivity (Wildman–Crippen MR) is 125 cm³/mol. The van der Waals surface area contributed by atoms with E-state index in [2.05, 4.69) is 0 Å². The van der Waals surface area contributed by atoms with E-state index in [1.54, 1.807) is 23.1 Å². The quantitative estimate of drug-likeness (QED) is 0.364. The number of benzene rings is 3. The van der Waals surface area contributed by atoms with Gasteiger partial charge in [-0.3, -0.25) is 14.5 Å². The molecule has 1 saturated heterocycles. The molecule has 0 N–H and O–H groups in total. The molecule has 6 nitrogen and oxygen atoms in total. The monoisotopic (exact) mass is 442 g/mol. The van der Waals surface area contributed by atoms with Gasteiger partial charge in [0.15, 0.2) is 5.78 Å². The number of imide groups is 1. The summed E-state index contributed by atoms with van der Waals surface area (Å²) >= 11 is 0. The van der Waals surface area contributed by atoms with Crippen LogP contribution < -0.4 is 4.74 Å². The van der Waals surface area contributed by atoms with E-state index >= 15 is 0 Å². The third kappa shape index (κ3) is 4.65. The van der Waals surface area contributed by atoms with Gasteiger partial charge in [-0.2, -0.15) is 0 Å². The molecule has 0 spiro atoms. The van der Waals surface area contributed by atoms with Crippen molar-refractivity contribution in [2.75, 3.05) is 6.61 Å². The Kier molecular flexibility index (Phi) is 6.54. The molecule has 0 aromatic heterocycles. The van der Waals surface area contributed by atoms with Crippen molar-refractivity contribution in [1.29, 1.82) is 0 Å². The molecule has 0 aliphatic carbocycles. The number of urea groups is 1. The lowest BCUT2D eigenvalue weighted by atomic mass is 10.0. The molecule has 0 radical (unpaired) electrons. The van der Waals surface area contributed by atoms with Crippen molar-refractivity contribution < 1.29 is 19.1 Å². The Morgan fingerprint density at radius 3 is 2.21 bits per heavy atom. The Morgan fingerprint density at radius 2 is 1.58 bits per heavy atom. The largest absolute Gasteiger partial charge is 0.494 e. The minimum absolute atomic E-state index is 0.0305. The summed E-state index contributed by atoms with van der Waals surface area (Å²) in [6.07, 6.45) is 0. The van der Waals surface area contributed by atoms with Crippen LogP contribution in [0.3, 0.4) is 0 Å². The number of ether oxygens (including phenoxy) is 1. The highest BCUT2D eigenvalue weighted by atomic mass is 16.5. The molecule has 1 heterocycles. The van der Waals surface area contributed by atoms with E-state index in [-0.39, 0.29) is 24.3 Å². The van der Waals surface area contributed by atoms with Crippen molar-refractivity contribution in [2.45, 2.75) is 33.0 Å². The van der Waals surface area contributed by atoms with Crippen LogP contribution in [0.4, 0.5) is 4.79 Å². The first kappa shape index (κ1) is 22.3. The summed E-state index contributed by atoms with van der Waals surface area (Å²) in [5.74, 6) is 0.171. The first-order chi connectivity index (χ1) is 16.0. The topological polar surface area (TPSA) is 66.9 Å². The van der Waals surface area contributed by atoms with Gasteiger partial charge in [0.1, 0.15) is 11.8 Å². The van der Waals surface area contributed by atoms with E-state index in [1.807, 2.05) is 67.6 Å². The fraction of sp³-hybridized carbons (Fsp3) is 0.222. The summed E-state index contributed by atoms with van der Waals surface area (Å²) in [4.78, 5) is 41.9. The van der Waals surface area contributed by atoms with E-state index in [9.17, 15) is 14.4 Å². The number of carbonyl (C=O) groups excluding carboxylic acids is 3. The molecule has 0 saturated carbocycles. The van der Waals surface area contributed by atoms with Gasteiger partial charge in [0.05, 0.1) is 13.2 Å². The van der Waals surface area contributed by atoms with E-state index in [1.165, 1.54) is 11.8 Å². The Labute approximate surface area is 193 Å². The smallest absolute Gasteiger partial charge is 0.328 e. The van der Waals surface area contributed by atoms with Gasteiger partial charge in [0.25, 0.3) is 5.91 Å². The molecule has 0 bridgehead atoms. The Hall–Kier alpha value is -3.93. The van der Waals surface area contributed by atoms with Crippen molar-refractivity contribution >= 4 is 17.7 Å². The zero-order valence-corrected chi connectivity index (χ0v) is 18.7. The molecule has 1 unspecified atom stereocenters. The summed E-state index contributed by atoms with van der Waals surface area (Å²) in [6.45, 7) is 4.12. The number of hydrogen-bond donors (Lipinski definition) is 0. The zero-order valence-electron chi connectivity index (χ0n) is 18.7. The molecule has 1 aliphatic heterocycles. The first-order valence-corrected chi connectivity index (χ1v) is 11.0. The van der Waals surface area contributed by atoms with E-state index in [0.29, 0.717) is 30.0 Å². The molecule has 6 heteroatoms. The summed E-state index contributed by atoms with van der Waals surface area (Å²) < 4.78 is 5.71. The van der Waals surface area contributed by atoms with Crippen molar-refractivity contribution in [3.63, 3.8) is 0 Å². The highest BCUT2D eigenvalue weighted by molar-refractivity contribution is 6.04. The molecule has 3 amide bonds. The van der Waals surface area contributed by atoms with Gasteiger partial charge in [-0.1, -0.05) is 60.7 Å². The van der Waals surface area contributed by atoms with Gasteiger partial charge in [-0.15, -0.1) is 0 Å². The third-order valence-corrected chi connectivity index (χ3v) is 5.69. The van der Waals surface area contributed by atoms with Crippen LogP contribution in [0.2, 0.25) is 0 Å². The van der Waals surface area contributed by atoms with Crippen molar-refractivity contribution in [3.05, 3.63) is 101 Å². The molecule has 1 atom stereocenters. The van der Waals surface area contributed by atoms with Crippen molar-refractivity contribution in [3.8, 4) is 5.75 Å². The number of carbonyl (C=O) groups is 3. The highest BCUT2D eigenvalue weighted by Gasteiger charge is 2.46. The number of ketones is 1. The molecule has 3 aromatic carbocycles. The maximum absolute atomic E-state index is 13.6. The normalized spacial score (nSPS) is 15.8. The maximum Gasteiger partial charge on any atom is 0.328 e. The van der Waals surface area contributed by atoms with Crippen LogP contribution in [0.15, 0.2) is 78.9 Å². The predicted octanol–water partition coefficient (Wildman–Crippen LogP) is 4.99. The van der Waals surface area contributed by atoms with E-state index in [4.69, 9.17) is 4.74 Å². The minimum atomic E-state index is -0.717. The standard InChI is InChI=1S/C27H26N2O4/c1-3-33-24-15-14-22(19(2)30)16-23(24)18-29-26(31)25(21-12-8-5-9-13-21)28(27(29)32)17-20-10-6-4-7-11-20/h4-16,25H,3,17-18H2,1-2H3. The molecule has 33 heavy (non-hydrogen) atoms. The molecular formula is C27H26N2O4. The molecule has 3 aromatic rings. The first-order valence-electron chi connectivity index (χ1n) is 11.0. The summed E-state index contributed by atoms with van der Waals surface area (Å²) in [5.41, 5.74) is 2.83. The molecule has 1 aliphatic rings. The Morgan fingerprint density at radius 1 is 0.909 bits per heavy atom. The fourth-order valence-electron chi connectivity index (χ4n) is 4.07. The van der Waals surface area contributed by atoms with Gasteiger partial charge < -0.3 is 9.64 Å². The second kappa shape index (κ2) is 9.69. The Balaban J connectivity index is 1.71. The van der Waals surface area contributed by atoms with Crippen molar-refractivity contribution in [2.24, 2.45) is 0 Å². The number of rotatable bonds is 8. The third-order valence-electron chi connectivity index (χ3n) is 5.69. The van der Waals surface area contributed by atoms with Crippen LogP contribution in [0, 0.1) is 0 Å². The lowest BCUT2D eigenvalue weighted by Crippen LogP contribution is -2.32. The number of amides is 3. The van der Waals surface area contributed by atoms with Gasteiger partial charge in [0, 0.05) is 17.7 Å². The Bertz CT molecular complexity index is 1160. The number of Topliss-reactive ketones (excluding diaryl/α,β-unsaturated/α-hetero) is 1. The number of nitrogens with zero attached hydrogens (tertiary/aromatic N) is 2. The van der Waals surface area contributed by atoms with Crippen LogP contribution in [0.5, 0.6) is 5.75 Å². The average Bonchev–Trinajstić information content (AvgIpc) is 3.05. The van der Waals surface area contributed by atoms with Crippen LogP contribution >= 0.6 is 0 Å². The van der Waals surface area contributed by atoms with Crippen LogP contribution in [-0.4, -0.2) is 34.1 Å². The zero-order chi connectivity index (χ0) is 23.4. The second-order valence-electron chi connectivity index (χ2n) is 7.95. The molecular weight excluding hydrogens is 416 g/mol. The lowest BCUT2D eigenvalue weighted by Gasteiger charge is -2.22. The lowest BCUT2D eigenvalue weighted by molar-refractivity contribution is -0.128. The van der Waals surface area contributed by atoms with E-state index < -0.39 is 6.04 Å². The summed E-state index contributed by atoms with van der Waals surface area (Å²) in [6, 6.07) is 23.0. The molecule has 1 fully saturated rings. The van der Waals surface area contributed by atoms with E-state index in [0.717, 1.165) is 11.1 Å². The van der Waals surface area contributed by atoms with Crippen LogP contribution in [-0.2, 0) is 17.9 Å². The second-order valence-corrected chi connectivity index (χ2v) is 7.95. The van der Waals surface area contributed by atoms with Gasteiger partial charge in [-0.25, -0.2) is 4.79 Å². The molecule has 4 rings (SSSR count). The molecule has 168 valence electrons.